The third-order valence-electron chi connectivity index (χ3n) is 2.98. The molecular formula is C15H15NO3. The van der Waals surface area contributed by atoms with Crippen molar-refractivity contribution in [3.05, 3.63) is 47.5 Å². The van der Waals surface area contributed by atoms with E-state index in [2.05, 4.69) is 0 Å². The molecule has 0 saturated carbocycles. The fraction of sp³-hybridized carbons (Fsp3) is 0.267. The zero-order valence-electron chi connectivity index (χ0n) is 10.8. The van der Waals surface area contributed by atoms with Crippen LogP contribution in [-0.4, -0.2) is 29.0 Å². The minimum atomic E-state index is -0.226. The smallest absolute Gasteiger partial charge is 0.261 e. The first-order valence-corrected chi connectivity index (χ1v) is 6.23. The molecule has 0 N–H and O–H groups in total. The van der Waals surface area contributed by atoms with Gasteiger partial charge >= 0.3 is 0 Å². The van der Waals surface area contributed by atoms with Crippen LogP contribution in [0.25, 0.3) is 0 Å². The van der Waals surface area contributed by atoms with E-state index in [0.717, 1.165) is 0 Å². The summed E-state index contributed by atoms with van der Waals surface area (Å²) in [4.78, 5) is 36.0. The number of hydrogen-bond acceptors (Lipinski definition) is 3. The summed E-state index contributed by atoms with van der Waals surface area (Å²) in [6.07, 6.45) is 4.60. The lowest BCUT2D eigenvalue weighted by Crippen LogP contribution is -2.30. The topological polar surface area (TPSA) is 54.5 Å². The number of amides is 2. The Labute approximate surface area is 111 Å². The number of carbonyl (C=O) groups excluding carboxylic acids is 3. The Morgan fingerprint density at radius 3 is 2.26 bits per heavy atom. The lowest BCUT2D eigenvalue weighted by molar-refractivity contribution is -0.112. The van der Waals surface area contributed by atoms with Crippen LogP contribution in [-0.2, 0) is 4.79 Å². The van der Waals surface area contributed by atoms with E-state index in [0.29, 0.717) is 30.5 Å². The lowest BCUT2D eigenvalue weighted by Gasteiger charge is -2.12. The summed E-state index contributed by atoms with van der Waals surface area (Å²) in [7, 11) is 0. The SMILES string of the molecule is CC(=O)/C=C/CCCN1C(=O)c2ccccc2C1=O. The molecule has 0 unspecified atom stereocenters. The summed E-state index contributed by atoms with van der Waals surface area (Å²) in [6, 6.07) is 6.85. The second-order valence-electron chi connectivity index (χ2n) is 4.46. The van der Waals surface area contributed by atoms with Crippen LogP contribution in [0, 0.1) is 0 Å². The molecule has 1 heterocycles. The first-order chi connectivity index (χ1) is 9.11. The van der Waals surface area contributed by atoms with Crippen molar-refractivity contribution in [2.75, 3.05) is 6.54 Å². The van der Waals surface area contributed by atoms with E-state index in [4.69, 9.17) is 0 Å². The zero-order chi connectivity index (χ0) is 13.8. The molecule has 0 fully saturated rings. The standard InChI is InChI=1S/C15H15NO3/c1-11(17)7-3-2-6-10-16-14(18)12-8-4-5-9-13(12)15(16)19/h3-5,7-9H,2,6,10H2,1H3/b7-3+. The molecule has 0 aliphatic carbocycles. The van der Waals surface area contributed by atoms with Gasteiger partial charge in [-0.3, -0.25) is 19.3 Å². The summed E-state index contributed by atoms with van der Waals surface area (Å²) < 4.78 is 0. The van der Waals surface area contributed by atoms with Crippen LogP contribution in [0.15, 0.2) is 36.4 Å². The average molecular weight is 257 g/mol. The van der Waals surface area contributed by atoms with Crippen molar-refractivity contribution in [3.63, 3.8) is 0 Å². The Balaban J connectivity index is 1.95. The van der Waals surface area contributed by atoms with E-state index in [-0.39, 0.29) is 17.6 Å². The number of unbranched alkanes of at least 4 members (excludes halogenated alkanes) is 1. The maximum atomic E-state index is 12.0. The molecule has 19 heavy (non-hydrogen) atoms. The highest BCUT2D eigenvalue weighted by molar-refractivity contribution is 6.21. The number of benzene rings is 1. The number of ketones is 1. The van der Waals surface area contributed by atoms with Gasteiger partial charge in [0.25, 0.3) is 11.8 Å². The molecule has 1 aromatic rings. The fourth-order valence-corrected chi connectivity index (χ4v) is 2.06. The monoisotopic (exact) mass is 257 g/mol. The van der Waals surface area contributed by atoms with E-state index in [1.807, 2.05) is 0 Å². The molecule has 0 bridgehead atoms. The third-order valence-corrected chi connectivity index (χ3v) is 2.98. The molecule has 1 aliphatic heterocycles. The highest BCUT2D eigenvalue weighted by atomic mass is 16.2. The summed E-state index contributed by atoms with van der Waals surface area (Å²) in [5, 5.41) is 0. The Morgan fingerprint density at radius 2 is 1.74 bits per heavy atom. The van der Waals surface area contributed by atoms with Gasteiger partial charge in [0.2, 0.25) is 0 Å². The molecule has 0 atom stereocenters. The number of allylic oxidation sites excluding steroid dienone is 2. The molecule has 2 amide bonds. The number of rotatable bonds is 5. The highest BCUT2D eigenvalue weighted by Gasteiger charge is 2.34. The van der Waals surface area contributed by atoms with Crippen molar-refractivity contribution in [1.82, 2.24) is 4.90 Å². The van der Waals surface area contributed by atoms with Gasteiger partial charge in [0.1, 0.15) is 0 Å². The number of nitrogens with zero attached hydrogens (tertiary/aromatic N) is 1. The van der Waals surface area contributed by atoms with Crippen molar-refractivity contribution >= 4 is 17.6 Å². The van der Waals surface area contributed by atoms with Crippen LogP contribution in [0.2, 0.25) is 0 Å². The predicted octanol–water partition coefficient (Wildman–Crippen LogP) is 2.21. The lowest BCUT2D eigenvalue weighted by atomic mass is 10.1. The second-order valence-corrected chi connectivity index (χ2v) is 4.46. The van der Waals surface area contributed by atoms with Crippen LogP contribution in [0.4, 0.5) is 0 Å². The Kier molecular flexibility index (Phi) is 3.90. The van der Waals surface area contributed by atoms with E-state index >= 15 is 0 Å². The number of carbonyl (C=O) groups is 3. The molecule has 1 aliphatic rings. The molecule has 1 aromatic carbocycles. The highest BCUT2D eigenvalue weighted by Crippen LogP contribution is 2.22. The van der Waals surface area contributed by atoms with Gasteiger partial charge in [-0.25, -0.2) is 0 Å². The van der Waals surface area contributed by atoms with Crippen LogP contribution in [0.1, 0.15) is 40.5 Å². The summed E-state index contributed by atoms with van der Waals surface area (Å²) in [6.45, 7) is 1.87. The van der Waals surface area contributed by atoms with Gasteiger partial charge in [-0.1, -0.05) is 18.2 Å². The normalized spacial score (nSPS) is 14.3. The first kappa shape index (κ1) is 13.2. The molecule has 4 heteroatoms. The number of hydrogen-bond donors (Lipinski definition) is 0. The van der Waals surface area contributed by atoms with Gasteiger partial charge in [-0.05, 0) is 38.0 Å². The maximum Gasteiger partial charge on any atom is 0.261 e. The van der Waals surface area contributed by atoms with Crippen molar-refractivity contribution < 1.29 is 14.4 Å². The fourth-order valence-electron chi connectivity index (χ4n) is 2.06. The molecule has 0 aromatic heterocycles. The second kappa shape index (κ2) is 5.61. The van der Waals surface area contributed by atoms with Gasteiger partial charge in [-0.2, -0.15) is 0 Å². The Hall–Kier alpha value is -2.23. The molecule has 4 nitrogen and oxygen atoms in total. The molecule has 0 radical (unpaired) electrons. The third kappa shape index (κ3) is 2.78. The van der Waals surface area contributed by atoms with Gasteiger partial charge in [0.05, 0.1) is 11.1 Å². The van der Waals surface area contributed by atoms with E-state index in [9.17, 15) is 14.4 Å². The molecule has 0 saturated heterocycles. The van der Waals surface area contributed by atoms with Gasteiger partial charge < -0.3 is 0 Å². The van der Waals surface area contributed by atoms with E-state index < -0.39 is 0 Å². The van der Waals surface area contributed by atoms with Crippen LogP contribution in [0.5, 0.6) is 0 Å². The number of fused-ring (bicyclic) bond motifs is 1. The average Bonchev–Trinajstić information content (AvgIpc) is 2.63. The molecular weight excluding hydrogens is 242 g/mol. The quantitative estimate of drug-likeness (QED) is 0.461. The number of imide groups is 1. The van der Waals surface area contributed by atoms with Crippen LogP contribution < -0.4 is 0 Å². The zero-order valence-corrected chi connectivity index (χ0v) is 10.8. The van der Waals surface area contributed by atoms with Gasteiger partial charge in [0, 0.05) is 6.54 Å². The minimum Gasteiger partial charge on any atom is -0.295 e. The predicted molar refractivity (Wildman–Crippen MR) is 70.9 cm³/mol. The van der Waals surface area contributed by atoms with E-state index in [1.165, 1.54) is 17.9 Å². The summed E-state index contributed by atoms with van der Waals surface area (Å²) >= 11 is 0. The summed E-state index contributed by atoms with van der Waals surface area (Å²) in [5.41, 5.74) is 0.957. The van der Waals surface area contributed by atoms with Crippen LogP contribution in [0.3, 0.4) is 0 Å². The Bertz CT molecular complexity index is 525. The van der Waals surface area contributed by atoms with Gasteiger partial charge in [-0.15, -0.1) is 0 Å². The van der Waals surface area contributed by atoms with Gasteiger partial charge in [0.15, 0.2) is 5.78 Å². The Morgan fingerprint density at radius 1 is 1.16 bits per heavy atom. The first-order valence-electron chi connectivity index (χ1n) is 6.23. The van der Waals surface area contributed by atoms with Crippen molar-refractivity contribution in [2.24, 2.45) is 0 Å². The van der Waals surface area contributed by atoms with Crippen molar-refractivity contribution in [3.8, 4) is 0 Å². The maximum absolute atomic E-state index is 12.0. The van der Waals surface area contributed by atoms with E-state index in [1.54, 1.807) is 30.3 Å². The molecule has 98 valence electrons. The minimum absolute atomic E-state index is 0.000676. The van der Waals surface area contributed by atoms with Crippen molar-refractivity contribution in [2.45, 2.75) is 19.8 Å². The molecule has 2 rings (SSSR count). The molecule has 0 spiro atoms. The van der Waals surface area contributed by atoms with Crippen LogP contribution >= 0.6 is 0 Å². The summed E-state index contributed by atoms with van der Waals surface area (Å²) in [5.74, 6) is -0.451. The van der Waals surface area contributed by atoms with Crippen molar-refractivity contribution in [1.29, 1.82) is 0 Å². The largest absolute Gasteiger partial charge is 0.295 e.